The number of amides is 1. The maximum atomic E-state index is 12.4. The van der Waals surface area contributed by atoms with Crippen LogP contribution >= 0.6 is 0 Å². The summed E-state index contributed by atoms with van der Waals surface area (Å²) in [6, 6.07) is 4.43. The Kier molecular flexibility index (Phi) is 4.84. The lowest BCUT2D eigenvalue weighted by Gasteiger charge is -2.32. The predicted molar refractivity (Wildman–Crippen MR) is 74.9 cm³/mol. The first-order valence-corrected chi connectivity index (χ1v) is 7.05. The molecule has 5 heteroatoms. The number of para-hydroxylation sites is 1. The Hall–Kier alpha value is -1.75. The Balaban J connectivity index is 2.06. The van der Waals surface area contributed by atoms with Gasteiger partial charge in [0.2, 0.25) is 0 Å². The second kappa shape index (κ2) is 6.61. The van der Waals surface area contributed by atoms with Gasteiger partial charge in [-0.3, -0.25) is 4.79 Å². The molecule has 1 aromatic carbocycles. The van der Waals surface area contributed by atoms with E-state index in [2.05, 4.69) is 6.92 Å². The molecule has 0 saturated carbocycles. The monoisotopic (exact) mass is 279 g/mol. The lowest BCUT2D eigenvalue weighted by Crippen LogP contribution is -2.43. The normalized spacial score (nSPS) is 19.1. The fourth-order valence-corrected chi connectivity index (χ4v) is 2.42. The van der Waals surface area contributed by atoms with E-state index in [-0.39, 0.29) is 29.1 Å². The molecule has 1 amide bonds. The zero-order valence-electron chi connectivity index (χ0n) is 11.7. The van der Waals surface area contributed by atoms with Crippen LogP contribution in [0.25, 0.3) is 0 Å². The minimum atomic E-state index is -0.353. The van der Waals surface area contributed by atoms with Crippen LogP contribution in [0.4, 0.5) is 0 Å². The van der Waals surface area contributed by atoms with Crippen LogP contribution in [0.1, 0.15) is 36.5 Å². The summed E-state index contributed by atoms with van der Waals surface area (Å²) in [4.78, 5) is 14.1. The number of rotatable bonds is 4. The first-order valence-electron chi connectivity index (χ1n) is 7.05. The van der Waals surface area contributed by atoms with E-state index >= 15 is 0 Å². The quantitative estimate of drug-likeness (QED) is 0.828. The van der Waals surface area contributed by atoms with Gasteiger partial charge < -0.3 is 19.8 Å². The number of phenols is 2. The number of ether oxygens (including phenoxy) is 1. The number of likely N-dealkylation sites (tertiary alicyclic amines) is 1. The highest BCUT2D eigenvalue weighted by Crippen LogP contribution is 2.29. The van der Waals surface area contributed by atoms with Gasteiger partial charge in [-0.15, -0.1) is 0 Å². The lowest BCUT2D eigenvalue weighted by molar-refractivity contribution is 0.00201. The van der Waals surface area contributed by atoms with Gasteiger partial charge in [-0.05, 0) is 31.4 Å². The number of benzene rings is 1. The molecule has 5 nitrogen and oxygen atoms in total. The third kappa shape index (κ3) is 3.22. The van der Waals surface area contributed by atoms with Crippen molar-refractivity contribution in [3.63, 3.8) is 0 Å². The highest BCUT2D eigenvalue weighted by Gasteiger charge is 2.26. The van der Waals surface area contributed by atoms with Crippen molar-refractivity contribution in [3.8, 4) is 11.5 Å². The molecule has 20 heavy (non-hydrogen) atoms. The Morgan fingerprint density at radius 1 is 1.45 bits per heavy atom. The third-order valence-corrected chi connectivity index (χ3v) is 3.47. The summed E-state index contributed by atoms with van der Waals surface area (Å²) in [5, 5.41) is 19.2. The Morgan fingerprint density at radius 2 is 2.25 bits per heavy atom. The fourth-order valence-electron chi connectivity index (χ4n) is 2.42. The molecule has 2 N–H and O–H groups in total. The van der Waals surface area contributed by atoms with E-state index in [0.29, 0.717) is 19.7 Å². The van der Waals surface area contributed by atoms with Gasteiger partial charge in [0.15, 0.2) is 11.5 Å². The van der Waals surface area contributed by atoms with E-state index < -0.39 is 0 Å². The SMILES string of the molecule is CCCOC1CCCN(C(=O)c2cccc(O)c2O)C1. The average Bonchev–Trinajstić information content (AvgIpc) is 2.47. The zero-order valence-corrected chi connectivity index (χ0v) is 11.7. The molecule has 1 heterocycles. The van der Waals surface area contributed by atoms with Gasteiger partial charge in [0.1, 0.15) is 0 Å². The summed E-state index contributed by atoms with van der Waals surface area (Å²) < 4.78 is 5.70. The summed E-state index contributed by atoms with van der Waals surface area (Å²) in [6.07, 6.45) is 2.86. The topological polar surface area (TPSA) is 70.0 Å². The van der Waals surface area contributed by atoms with Gasteiger partial charge in [0, 0.05) is 19.7 Å². The maximum Gasteiger partial charge on any atom is 0.257 e. The van der Waals surface area contributed by atoms with Crippen molar-refractivity contribution in [3.05, 3.63) is 23.8 Å². The maximum absolute atomic E-state index is 12.4. The summed E-state index contributed by atoms with van der Waals surface area (Å²) in [6.45, 7) is 3.94. The van der Waals surface area contributed by atoms with Crippen LogP contribution in [-0.2, 0) is 4.74 Å². The number of piperidine rings is 1. The van der Waals surface area contributed by atoms with Gasteiger partial charge >= 0.3 is 0 Å². The van der Waals surface area contributed by atoms with Crippen LogP contribution < -0.4 is 0 Å². The Labute approximate surface area is 118 Å². The molecule has 1 aliphatic rings. The van der Waals surface area contributed by atoms with E-state index in [1.54, 1.807) is 11.0 Å². The molecule has 0 radical (unpaired) electrons. The predicted octanol–water partition coefficient (Wildman–Crippen LogP) is 2.13. The van der Waals surface area contributed by atoms with Crippen LogP contribution in [0.2, 0.25) is 0 Å². The number of carbonyl (C=O) groups excluding carboxylic acids is 1. The van der Waals surface area contributed by atoms with Gasteiger partial charge in [0.05, 0.1) is 11.7 Å². The molecule has 0 spiro atoms. The smallest absolute Gasteiger partial charge is 0.257 e. The van der Waals surface area contributed by atoms with Crippen molar-refractivity contribution in [2.45, 2.75) is 32.3 Å². The average molecular weight is 279 g/mol. The number of hydrogen-bond acceptors (Lipinski definition) is 4. The minimum Gasteiger partial charge on any atom is -0.504 e. The van der Waals surface area contributed by atoms with Crippen LogP contribution in [0, 0.1) is 0 Å². The number of phenolic OH excluding ortho intramolecular Hbond substituents is 2. The Morgan fingerprint density at radius 3 is 3.00 bits per heavy atom. The number of carbonyl (C=O) groups is 1. The van der Waals surface area contributed by atoms with Crippen molar-refractivity contribution in [1.82, 2.24) is 4.90 Å². The molecular formula is C15H21NO4. The van der Waals surface area contributed by atoms with Crippen molar-refractivity contribution in [2.75, 3.05) is 19.7 Å². The Bertz CT molecular complexity index is 475. The van der Waals surface area contributed by atoms with Gasteiger partial charge in [-0.1, -0.05) is 13.0 Å². The molecule has 1 atom stereocenters. The second-order valence-corrected chi connectivity index (χ2v) is 5.06. The number of aromatic hydroxyl groups is 2. The van der Waals surface area contributed by atoms with E-state index in [0.717, 1.165) is 19.3 Å². The number of nitrogens with zero attached hydrogens (tertiary/aromatic N) is 1. The van der Waals surface area contributed by atoms with Gasteiger partial charge in [-0.2, -0.15) is 0 Å². The highest BCUT2D eigenvalue weighted by atomic mass is 16.5. The van der Waals surface area contributed by atoms with E-state index in [9.17, 15) is 15.0 Å². The molecule has 0 aliphatic carbocycles. The lowest BCUT2D eigenvalue weighted by atomic mass is 10.1. The van der Waals surface area contributed by atoms with Crippen LogP contribution in [-0.4, -0.2) is 46.8 Å². The van der Waals surface area contributed by atoms with Gasteiger partial charge in [0.25, 0.3) is 5.91 Å². The van der Waals surface area contributed by atoms with Crippen molar-refractivity contribution in [1.29, 1.82) is 0 Å². The largest absolute Gasteiger partial charge is 0.504 e. The van der Waals surface area contributed by atoms with E-state index in [1.807, 2.05) is 0 Å². The molecule has 0 bridgehead atoms. The molecule has 1 aromatic rings. The number of hydrogen-bond donors (Lipinski definition) is 2. The molecule has 1 saturated heterocycles. The van der Waals surface area contributed by atoms with Crippen molar-refractivity contribution in [2.24, 2.45) is 0 Å². The summed E-state index contributed by atoms with van der Waals surface area (Å²) in [7, 11) is 0. The second-order valence-electron chi connectivity index (χ2n) is 5.06. The van der Waals surface area contributed by atoms with Crippen molar-refractivity contribution < 1.29 is 19.7 Å². The first kappa shape index (κ1) is 14.7. The first-order chi connectivity index (χ1) is 9.63. The standard InChI is InChI=1S/C15H21NO4/c1-2-9-20-11-5-4-8-16(10-11)15(19)12-6-3-7-13(17)14(12)18/h3,6-7,11,17-18H,2,4-5,8-10H2,1H3. The molecule has 1 aliphatic heterocycles. The fraction of sp³-hybridized carbons (Fsp3) is 0.533. The van der Waals surface area contributed by atoms with Crippen LogP contribution in [0.15, 0.2) is 18.2 Å². The van der Waals surface area contributed by atoms with Crippen LogP contribution in [0.3, 0.4) is 0 Å². The molecule has 2 rings (SSSR count). The summed E-state index contributed by atoms with van der Waals surface area (Å²) in [5.41, 5.74) is 0.140. The van der Waals surface area contributed by atoms with E-state index in [1.165, 1.54) is 12.1 Å². The molecule has 110 valence electrons. The van der Waals surface area contributed by atoms with Crippen LogP contribution in [0.5, 0.6) is 11.5 Å². The minimum absolute atomic E-state index is 0.0621. The van der Waals surface area contributed by atoms with E-state index in [4.69, 9.17) is 4.74 Å². The third-order valence-electron chi connectivity index (χ3n) is 3.47. The molecule has 1 unspecified atom stereocenters. The summed E-state index contributed by atoms with van der Waals surface area (Å²) in [5.74, 6) is -0.885. The highest BCUT2D eigenvalue weighted by molar-refractivity contribution is 5.97. The molecular weight excluding hydrogens is 258 g/mol. The van der Waals surface area contributed by atoms with Crippen molar-refractivity contribution >= 4 is 5.91 Å². The molecule has 1 fully saturated rings. The summed E-state index contributed by atoms with van der Waals surface area (Å²) >= 11 is 0. The molecule has 0 aromatic heterocycles. The van der Waals surface area contributed by atoms with Gasteiger partial charge in [-0.25, -0.2) is 0 Å². The zero-order chi connectivity index (χ0) is 14.5.